The molecule has 0 radical (unpaired) electrons. The molecule has 74 valence electrons. The molecule has 0 saturated carbocycles. The predicted molar refractivity (Wildman–Crippen MR) is 55.8 cm³/mol. The zero-order valence-electron chi connectivity index (χ0n) is 7.79. The van der Waals surface area contributed by atoms with Crippen molar-refractivity contribution in [3.8, 4) is 11.4 Å². The Morgan fingerprint density at radius 2 is 2.07 bits per heavy atom. The van der Waals surface area contributed by atoms with E-state index in [9.17, 15) is 4.39 Å². The summed E-state index contributed by atoms with van der Waals surface area (Å²) in [5.74, 6) is -0.227. The van der Waals surface area contributed by atoms with Crippen molar-refractivity contribution in [2.24, 2.45) is 0 Å². The second-order valence-electron chi connectivity index (χ2n) is 3.37. The summed E-state index contributed by atoms with van der Waals surface area (Å²) < 4.78 is 13.0. The van der Waals surface area contributed by atoms with Crippen LogP contribution >= 0.6 is 0 Å². The van der Waals surface area contributed by atoms with E-state index in [4.69, 9.17) is 0 Å². The maximum absolute atomic E-state index is 13.0. The monoisotopic (exact) mass is 201 g/mol. The average molecular weight is 201 g/mol. The Morgan fingerprint density at radius 3 is 2.87 bits per heavy atom. The van der Waals surface area contributed by atoms with Crippen molar-refractivity contribution in [1.29, 1.82) is 0 Å². The fourth-order valence-corrected chi connectivity index (χ4v) is 1.65. The Labute approximate surface area is 84.9 Å². The van der Waals surface area contributed by atoms with Gasteiger partial charge in [-0.2, -0.15) is 5.10 Å². The summed E-state index contributed by atoms with van der Waals surface area (Å²) in [7, 11) is 0. The molecule has 2 aromatic heterocycles. The van der Waals surface area contributed by atoms with Gasteiger partial charge in [-0.25, -0.2) is 4.39 Å². The number of rotatable bonds is 1. The van der Waals surface area contributed by atoms with Crippen LogP contribution in [0.2, 0.25) is 0 Å². The number of halogens is 1. The molecule has 2 N–H and O–H groups in total. The van der Waals surface area contributed by atoms with Gasteiger partial charge in [-0.05, 0) is 30.3 Å². The molecule has 0 fully saturated rings. The average Bonchev–Trinajstić information content (AvgIpc) is 2.84. The van der Waals surface area contributed by atoms with E-state index in [0.29, 0.717) is 0 Å². The van der Waals surface area contributed by atoms with Crippen LogP contribution in [0.4, 0.5) is 4.39 Å². The smallest absolute Gasteiger partial charge is 0.123 e. The van der Waals surface area contributed by atoms with Crippen LogP contribution in [0.3, 0.4) is 0 Å². The van der Waals surface area contributed by atoms with Crippen LogP contribution in [0.25, 0.3) is 22.3 Å². The molecule has 3 aromatic rings. The standard InChI is InChI=1S/C11H8FN3/c12-8-1-2-9-7(5-8)6-11(14-9)10-3-4-13-15-10/h1-6,14H,(H,13,15). The highest BCUT2D eigenvalue weighted by Crippen LogP contribution is 2.22. The summed E-state index contributed by atoms with van der Waals surface area (Å²) in [5, 5.41) is 7.65. The van der Waals surface area contributed by atoms with E-state index in [1.54, 1.807) is 12.3 Å². The molecule has 2 heterocycles. The topological polar surface area (TPSA) is 44.5 Å². The van der Waals surface area contributed by atoms with Gasteiger partial charge in [0.15, 0.2) is 0 Å². The minimum Gasteiger partial charge on any atom is -0.353 e. The molecule has 0 unspecified atom stereocenters. The molecule has 0 atom stereocenters. The number of fused-ring (bicyclic) bond motifs is 1. The van der Waals surface area contributed by atoms with Crippen LogP contribution in [-0.2, 0) is 0 Å². The third kappa shape index (κ3) is 1.30. The summed E-state index contributed by atoms with van der Waals surface area (Å²) in [5.41, 5.74) is 2.62. The minimum absolute atomic E-state index is 0.227. The summed E-state index contributed by atoms with van der Waals surface area (Å²) in [6.07, 6.45) is 1.75. The molecule has 0 aliphatic carbocycles. The summed E-state index contributed by atoms with van der Waals surface area (Å²) in [4.78, 5) is 3.18. The van der Waals surface area contributed by atoms with Crippen LogP contribution in [-0.4, -0.2) is 15.2 Å². The third-order valence-electron chi connectivity index (χ3n) is 2.36. The van der Waals surface area contributed by atoms with Gasteiger partial charge in [0.25, 0.3) is 0 Å². The molecule has 0 amide bonds. The number of hydrogen-bond donors (Lipinski definition) is 2. The molecule has 0 bridgehead atoms. The fraction of sp³-hybridized carbons (Fsp3) is 0. The van der Waals surface area contributed by atoms with E-state index in [1.807, 2.05) is 12.1 Å². The number of H-pyrrole nitrogens is 2. The van der Waals surface area contributed by atoms with Crippen molar-refractivity contribution in [3.63, 3.8) is 0 Å². The molecule has 3 rings (SSSR count). The zero-order valence-corrected chi connectivity index (χ0v) is 7.79. The minimum atomic E-state index is -0.227. The van der Waals surface area contributed by atoms with Crippen molar-refractivity contribution >= 4 is 10.9 Å². The van der Waals surface area contributed by atoms with E-state index in [2.05, 4.69) is 15.2 Å². The number of nitrogens with zero attached hydrogens (tertiary/aromatic N) is 1. The van der Waals surface area contributed by atoms with Gasteiger partial charge in [-0.1, -0.05) is 0 Å². The van der Waals surface area contributed by atoms with Crippen molar-refractivity contribution in [2.45, 2.75) is 0 Å². The van der Waals surface area contributed by atoms with Gasteiger partial charge in [0.05, 0.1) is 5.69 Å². The van der Waals surface area contributed by atoms with E-state index in [-0.39, 0.29) is 5.82 Å². The molecule has 15 heavy (non-hydrogen) atoms. The Morgan fingerprint density at radius 1 is 1.13 bits per heavy atom. The molecule has 4 heteroatoms. The van der Waals surface area contributed by atoms with Crippen LogP contribution in [0.5, 0.6) is 0 Å². The highest BCUT2D eigenvalue weighted by Gasteiger charge is 2.05. The van der Waals surface area contributed by atoms with E-state index in [1.165, 1.54) is 12.1 Å². The Bertz CT molecular complexity index is 595. The van der Waals surface area contributed by atoms with Crippen LogP contribution in [0.15, 0.2) is 36.5 Å². The van der Waals surface area contributed by atoms with Gasteiger partial charge < -0.3 is 4.98 Å². The molecule has 0 saturated heterocycles. The van der Waals surface area contributed by atoms with Crippen molar-refractivity contribution in [1.82, 2.24) is 15.2 Å². The van der Waals surface area contributed by atoms with E-state index in [0.717, 1.165) is 22.3 Å². The maximum Gasteiger partial charge on any atom is 0.123 e. The molecule has 3 nitrogen and oxygen atoms in total. The van der Waals surface area contributed by atoms with Crippen molar-refractivity contribution in [3.05, 3.63) is 42.3 Å². The summed E-state index contributed by atoms with van der Waals surface area (Å²) in [6, 6.07) is 8.41. The maximum atomic E-state index is 13.0. The Balaban J connectivity index is 2.22. The number of aromatic amines is 2. The quantitative estimate of drug-likeness (QED) is 0.624. The second-order valence-corrected chi connectivity index (χ2v) is 3.37. The highest BCUT2D eigenvalue weighted by molar-refractivity contribution is 5.85. The lowest BCUT2D eigenvalue weighted by molar-refractivity contribution is 0.630. The molecule has 0 spiro atoms. The number of nitrogens with one attached hydrogen (secondary N) is 2. The number of hydrogen-bond acceptors (Lipinski definition) is 1. The molecular weight excluding hydrogens is 193 g/mol. The van der Waals surface area contributed by atoms with Crippen molar-refractivity contribution < 1.29 is 4.39 Å². The normalized spacial score (nSPS) is 11.0. The van der Waals surface area contributed by atoms with E-state index >= 15 is 0 Å². The molecule has 0 aliphatic heterocycles. The lowest BCUT2D eigenvalue weighted by atomic mass is 10.2. The molecule has 0 aliphatic rings. The van der Waals surface area contributed by atoms with Gasteiger partial charge in [-0.15, -0.1) is 0 Å². The Hall–Kier alpha value is -2.10. The van der Waals surface area contributed by atoms with Crippen LogP contribution in [0.1, 0.15) is 0 Å². The first kappa shape index (κ1) is 8.23. The van der Waals surface area contributed by atoms with Gasteiger partial charge in [0.1, 0.15) is 11.5 Å². The van der Waals surface area contributed by atoms with Gasteiger partial charge in [0.2, 0.25) is 0 Å². The molecule has 1 aromatic carbocycles. The van der Waals surface area contributed by atoms with Crippen LogP contribution < -0.4 is 0 Å². The number of aromatic nitrogens is 3. The fourth-order valence-electron chi connectivity index (χ4n) is 1.65. The predicted octanol–water partition coefficient (Wildman–Crippen LogP) is 2.70. The van der Waals surface area contributed by atoms with Gasteiger partial charge in [-0.3, -0.25) is 5.10 Å². The zero-order chi connectivity index (χ0) is 10.3. The third-order valence-corrected chi connectivity index (χ3v) is 2.36. The van der Waals surface area contributed by atoms with Crippen molar-refractivity contribution in [2.75, 3.05) is 0 Å². The number of benzene rings is 1. The molecular formula is C11H8FN3. The summed E-state index contributed by atoms with van der Waals surface area (Å²) >= 11 is 0. The SMILES string of the molecule is Fc1ccc2[nH]c(-c3cc[nH]n3)cc2c1. The first-order chi connectivity index (χ1) is 7.33. The Kier molecular flexibility index (Phi) is 1.62. The van der Waals surface area contributed by atoms with E-state index < -0.39 is 0 Å². The van der Waals surface area contributed by atoms with Gasteiger partial charge >= 0.3 is 0 Å². The summed E-state index contributed by atoms with van der Waals surface area (Å²) in [6.45, 7) is 0. The lowest BCUT2D eigenvalue weighted by Gasteiger charge is -1.88. The van der Waals surface area contributed by atoms with Gasteiger partial charge in [0, 0.05) is 17.1 Å². The lowest BCUT2D eigenvalue weighted by Crippen LogP contribution is -1.76. The first-order valence-electron chi connectivity index (χ1n) is 4.61. The largest absolute Gasteiger partial charge is 0.353 e. The second kappa shape index (κ2) is 2.95. The first-order valence-corrected chi connectivity index (χ1v) is 4.61. The highest BCUT2D eigenvalue weighted by atomic mass is 19.1. The van der Waals surface area contributed by atoms with Crippen LogP contribution in [0, 0.1) is 5.82 Å².